The molecule has 1 saturated heterocycles. The Balaban J connectivity index is 2.03. The van der Waals surface area contributed by atoms with Crippen molar-refractivity contribution in [3.63, 3.8) is 0 Å². The molecular weight excluding hydrogens is 262 g/mol. The van der Waals surface area contributed by atoms with Gasteiger partial charge in [-0.25, -0.2) is 0 Å². The van der Waals surface area contributed by atoms with Crippen molar-refractivity contribution in [2.75, 3.05) is 19.6 Å². The minimum absolute atomic E-state index is 0.0918. The molecule has 21 heavy (non-hydrogen) atoms. The van der Waals surface area contributed by atoms with Gasteiger partial charge >= 0.3 is 0 Å². The molecule has 0 radical (unpaired) electrons. The van der Waals surface area contributed by atoms with Crippen molar-refractivity contribution in [2.45, 2.75) is 46.3 Å². The van der Waals surface area contributed by atoms with Crippen LogP contribution in [0.5, 0.6) is 0 Å². The van der Waals surface area contributed by atoms with Crippen LogP contribution in [0.4, 0.5) is 0 Å². The SMILES string of the molecule is CC(C)C1CN(CCn2ccccc2=O)C(C(C)C)CN1. The van der Waals surface area contributed by atoms with Crippen LogP contribution in [0.3, 0.4) is 0 Å². The van der Waals surface area contributed by atoms with E-state index in [1.807, 2.05) is 16.8 Å². The summed E-state index contributed by atoms with van der Waals surface area (Å²) in [5.74, 6) is 1.26. The maximum absolute atomic E-state index is 11.8. The second kappa shape index (κ2) is 7.23. The van der Waals surface area contributed by atoms with Crippen LogP contribution in [0.1, 0.15) is 27.7 Å². The number of hydrogen-bond donors (Lipinski definition) is 1. The molecule has 0 bridgehead atoms. The summed E-state index contributed by atoms with van der Waals surface area (Å²) in [6.07, 6.45) is 1.88. The van der Waals surface area contributed by atoms with Crippen molar-refractivity contribution < 1.29 is 0 Å². The molecule has 2 heterocycles. The fourth-order valence-electron chi connectivity index (χ4n) is 3.10. The Morgan fingerprint density at radius 1 is 1.19 bits per heavy atom. The molecule has 0 aliphatic carbocycles. The third-order valence-corrected chi connectivity index (χ3v) is 4.59. The van der Waals surface area contributed by atoms with Crippen molar-refractivity contribution in [3.8, 4) is 0 Å². The van der Waals surface area contributed by atoms with E-state index < -0.39 is 0 Å². The minimum Gasteiger partial charge on any atom is -0.314 e. The Kier molecular flexibility index (Phi) is 5.59. The molecule has 118 valence electrons. The number of piperazine rings is 1. The highest BCUT2D eigenvalue weighted by atomic mass is 16.1. The van der Waals surface area contributed by atoms with Crippen molar-refractivity contribution in [1.29, 1.82) is 0 Å². The van der Waals surface area contributed by atoms with Gasteiger partial charge < -0.3 is 9.88 Å². The summed E-state index contributed by atoms with van der Waals surface area (Å²) in [5, 5.41) is 3.68. The van der Waals surface area contributed by atoms with Gasteiger partial charge in [-0.15, -0.1) is 0 Å². The Hall–Kier alpha value is -1.13. The molecule has 1 N–H and O–H groups in total. The molecule has 2 rings (SSSR count). The van der Waals surface area contributed by atoms with Crippen LogP contribution >= 0.6 is 0 Å². The van der Waals surface area contributed by atoms with Crippen LogP contribution in [0, 0.1) is 11.8 Å². The first kappa shape index (κ1) is 16.2. The molecular formula is C17H29N3O. The molecule has 0 saturated carbocycles. The standard InChI is InChI=1S/C17H29N3O/c1-13(2)15-12-20(16(11-18-15)14(3)4)10-9-19-8-6-5-7-17(19)21/h5-8,13-16,18H,9-12H2,1-4H3. The van der Waals surface area contributed by atoms with E-state index in [1.165, 1.54) is 0 Å². The van der Waals surface area contributed by atoms with Gasteiger partial charge in [-0.3, -0.25) is 9.69 Å². The Morgan fingerprint density at radius 2 is 1.95 bits per heavy atom. The van der Waals surface area contributed by atoms with E-state index in [9.17, 15) is 4.79 Å². The van der Waals surface area contributed by atoms with Crippen LogP contribution in [-0.4, -0.2) is 41.2 Å². The third-order valence-electron chi connectivity index (χ3n) is 4.59. The van der Waals surface area contributed by atoms with E-state index in [2.05, 4.69) is 37.9 Å². The fraction of sp³-hybridized carbons (Fsp3) is 0.706. The predicted molar refractivity (Wildman–Crippen MR) is 87.5 cm³/mol. The Bertz CT molecular complexity index is 495. The second-order valence-corrected chi connectivity index (χ2v) is 6.80. The fourth-order valence-corrected chi connectivity index (χ4v) is 3.10. The van der Waals surface area contributed by atoms with Gasteiger partial charge in [0.05, 0.1) is 0 Å². The molecule has 4 heteroatoms. The van der Waals surface area contributed by atoms with Crippen LogP contribution in [0.25, 0.3) is 0 Å². The number of rotatable bonds is 5. The van der Waals surface area contributed by atoms with Crippen LogP contribution in [-0.2, 0) is 6.54 Å². The van der Waals surface area contributed by atoms with Crippen molar-refractivity contribution in [1.82, 2.24) is 14.8 Å². The molecule has 1 aromatic rings. The topological polar surface area (TPSA) is 37.3 Å². The van der Waals surface area contributed by atoms with Crippen LogP contribution < -0.4 is 10.9 Å². The third kappa shape index (κ3) is 4.17. The van der Waals surface area contributed by atoms with E-state index in [4.69, 9.17) is 0 Å². The molecule has 0 amide bonds. The molecule has 0 aromatic carbocycles. The van der Waals surface area contributed by atoms with Gasteiger partial charge in [0.2, 0.25) is 0 Å². The smallest absolute Gasteiger partial charge is 0.250 e. The van der Waals surface area contributed by atoms with Crippen molar-refractivity contribution in [2.24, 2.45) is 11.8 Å². The molecule has 1 aliphatic heterocycles. The Morgan fingerprint density at radius 3 is 2.57 bits per heavy atom. The molecule has 2 atom stereocenters. The molecule has 0 spiro atoms. The first-order valence-electron chi connectivity index (χ1n) is 8.12. The van der Waals surface area contributed by atoms with Gasteiger partial charge in [-0.1, -0.05) is 33.8 Å². The maximum Gasteiger partial charge on any atom is 0.250 e. The summed E-state index contributed by atoms with van der Waals surface area (Å²) in [5.41, 5.74) is 0.0918. The highest BCUT2D eigenvalue weighted by molar-refractivity contribution is 4.94. The van der Waals surface area contributed by atoms with Gasteiger partial charge in [-0.05, 0) is 17.9 Å². The Labute approximate surface area is 128 Å². The summed E-state index contributed by atoms with van der Waals surface area (Å²) in [7, 11) is 0. The number of aromatic nitrogens is 1. The van der Waals surface area contributed by atoms with E-state index >= 15 is 0 Å². The lowest BCUT2D eigenvalue weighted by molar-refractivity contribution is 0.0815. The lowest BCUT2D eigenvalue weighted by Gasteiger charge is -2.43. The van der Waals surface area contributed by atoms with Gasteiger partial charge in [-0.2, -0.15) is 0 Å². The summed E-state index contributed by atoms with van der Waals surface area (Å²) >= 11 is 0. The highest BCUT2D eigenvalue weighted by Crippen LogP contribution is 2.18. The minimum atomic E-state index is 0.0918. The van der Waals surface area contributed by atoms with Gasteiger partial charge in [0, 0.05) is 50.5 Å². The summed E-state index contributed by atoms with van der Waals surface area (Å²) in [6, 6.07) is 6.46. The van der Waals surface area contributed by atoms with Gasteiger partial charge in [0.25, 0.3) is 5.56 Å². The van der Waals surface area contributed by atoms with Crippen molar-refractivity contribution >= 4 is 0 Å². The lowest BCUT2D eigenvalue weighted by atomic mass is 9.94. The zero-order chi connectivity index (χ0) is 15.4. The predicted octanol–water partition coefficient (Wildman–Crippen LogP) is 1.80. The number of nitrogens with one attached hydrogen (secondary N) is 1. The lowest BCUT2D eigenvalue weighted by Crippen LogP contribution is -2.60. The summed E-state index contributed by atoms with van der Waals surface area (Å²) in [4.78, 5) is 14.4. The van der Waals surface area contributed by atoms with E-state index in [1.54, 1.807) is 12.1 Å². The van der Waals surface area contributed by atoms with Gasteiger partial charge in [0.15, 0.2) is 0 Å². The first-order chi connectivity index (χ1) is 9.99. The number of pyridine rings is 1. The largest absolute Gasteiger partial charge is 0.314 e. The molecule has 2 unspecified atom stereocenters. The maximum atomic E-state index is 11.8. The molecule has 1 aliphatic rings. The summed E-state index contributed by atoms with van der Waals surface area (Å²) in [6.45, 7) is 12.9. The van der Waals surface area contributed by atoms with Crippen molar-refractivity contribution in [3.05, 3.63) is 34.7 Å². The van der Waals surface area contributed by atoms with E-state index in [0.717, 1.165) is 26.2 Å². The second-order valence-electron chi connectivity index (χ2n) is 6.80. The zero-order valence-corrected chi connectivity index (χ0v) is 13.7. The van der Waals surface area contributed by atoms with E-state index in [-0.39, 0.29) is 5.56 Å². The average Bonchev–Trinajstić information content (AvgIpc) is 2.46. The molecule has 4 nitrogen and oxygen atoms in total. The monoisotopic (exact) mass is 291 g/mol. The summed E-state index contributed by atoms with van der Waals surface area (Å²) < 4.78 is 1.81. The average molecular weight is 291 g/mol. The number of hydrogen-bond acceptors (Lipinski definition) is 3. The first-order valence-corrected chi connectivity index (χ1v) is 8.12. The van der Waals surface area contributed by atoms with Gasteiger partial charge in [0.1, 0.15) is 0 Å². The quantitative estimate of drug-likeness (QED) is 0.899. The normalized spacial score (nSPS) is 23.9. The molecule has 1 aromatic heterocycles. The van der Waals surface area contributed by atoms with Crippen LogP contribution in [0.15, 0.2) is 29.2 Å². The number of nitrogens with zero attached hydrogens (tertiary/aromatic N) is 2. The van der Waals surface area contributed by atoms with E-state index in [0.29, 0.717) is 23.9 Å². The molecule has 1 fully saturated rings. The van der Waals surface area contributed by atoms with Crippen LogP contribution in [0.2, 0.25) is 0 Å². The zero-order valence-electron chi connectivity index (χ0n) is 13.7. The highest BCUT2D eigenvalue weighted by Gasteiger charge is 2.30.